The number of para-hydroxylation sites is 1. The van der Waals surface area contributed by atoms with E-state index in [9.17, 15) is 13.2 Å². The number of unbranched alkanes of at least 4 members (excludes halogenated alkanes) is 1. The summed E-state index contributed by atoms with van der Waals surface area (Å²) in [4.78, 5) is 11.6. The summed E-state index contributed by atoms with van der Waals surface area (Å²) in [5.74, 6) is 0.383. The van der Waals surface area contributed by atoms with Crippen molar-refractivity contribution < 1.29 is 22.5 Å². The molecule has 0 spiro atoms. The summed E-state index contributed by atoms with van der Waals surface area (Å²) < 4.78 is 34.8. The number of carbonyl (C=O) groups is 1. The molecule has 7 heteroatoms. The fraction of sp³-hybridized carbons (Fsp3) is 0.350. The van der Waals surface area contributed by atoms with Crippen molar-refractivity contribution in [2.75, 3.05) is 6.54 Å². The van der Waals surface area contributed by atoms with E-state index in [0.717, 1.165) is 24.8 Å². The molecule has 0 aliphatic heterocycles. The zero-order valence-corrected chi connectivity index (χ0v) is 16.5. The van der Waals surface area contributed by atoms with Crippen LogP contribution in [0.1, 0.15) is 31.7 Å². The Morgan fingerprint density at radius 3 is 2.19 bits per heavy atom. The van der Waals surface area contributed by atoms with Crippen molar-refractivity contribution in [2.45, 2.75) is 38.0 Å². The smallest absolute Gasteiger partial charge is 0.314 e. The van der Waals surface area contributed by atoms with Gasteiger partial charge in [0.2, 0.25) is 0 Å². The predicted octanol–water partition coefficient (Wildman–Crippen LogP) is 3.60. The highest BCUT2D eigenvalue weighted by atomic mass is 32.2. The first kappa shape index (κ1) is 22.8. The SMILES string of the molecule is CC(CCCCN)C(=O)Oc1ccccc1.Cc1ccc(S(=O)(=O)O)cc1. The van der Waals surface area contributed by atoms with Gasteiger partial charge in [0.05, 0.1) is 10.8 Å². The van der Waals surface area contributed by atoms with Gasteiger partial charge in [-0.3, -0.25) is 9.35 Å². The van der Waals surface area contributed by atoms with E-state index in [-0.39, 0.29) is 16.8 Å². The third-order valence-electron chi connectivity index (χ3n) is 3.77. The van der Waals surface area contributed by atoms with Gasteiger partial charge < -0.3 is 10.5 Å². The van der Waals surface area contributed by atoms with Gasteiger partial charge in [-0.1, -0.05) is 49.2 Å². The summed E-state index contributed by atoms with van der Waals surface area (Å²) in [6, 6.07) is 15.1. The van der Waals surface area contributed by atoms with Crippen LogP contribution in [-0.2, 0) is 14.9 Å². The maximum absolute atomic E-state index is 11.7. The van der Waals surface area contributed by atoms with Gasteiger partial charge in [-0.15, -0.1) is 0 Å². The first-order valence-corrected chi connectivity index (χ1v) is 10.2. The van der Waals surface area contributed by atoms with Crippen LogP contribution in [0.15, 0.2) is 59.5 Å². The Kier molecular flexibility index (Phi) is 9.71. The Balaban J connectivity index is 0.000000289. The lowest BCUT2D eigenvalue weighted by atomic mass is 10.0. The lowest BCUT2D eigenvalue weighted by Crippen LogP contribution is -2.18. The van der Waals surface area contributed by atoms with Crippen LogP contribution in [0.25, 0.3) is 0 Å². The lowest BCUT2D eigenvalue weighted by Gasteiger charge is -2.10. The molecule has 0 aromatic heterocycles. The van der Waals surface area contributed by atoms with Crippen LogP contribution >= 0.6 is 0 Å². The summed E-state index contributed by atoms with van der Waals surface area (Å²) in [6.07, 6.45) is 2.77. The molecular formula is C20H27NO5S. The monoisotopic (exact) mass is 393 g/mol. The second-order valence-electron chi connectivity index (χ2n) is 6.21. The van der Waals surface area contributed by atoms with Gasteiger partial charge in [0.15, 0.2) is 0 Å². The van der Waals surface area contributed by atoms with Gasteiger partial charge in [0, 0.05) is 0 Å². The molecule has 1 unspecified atom stereocenters. The standard InChI is InChI=1S/C13H19NO2.C7H8O3S/c1-11(7-5-6-10-14)13(15)16-12-8-3-2-4-9-12;1-6-2-4-7(5-3-6)11(8,9)10/h2-4,8-9,11H,5-7,10,14H2,1H3;2-5H,1H3,(H,8,9,10). The molecule has 0 amide bonds. The summed E-state index contributed by atoms with van der Waals surface area (Å²) >= 11 is 0. The third kappa shape index (κ3) is 9.33. The molecule has 2 aromatic carbocycles. The molecule has 0 radical (unpaired) electrons. The van der Waals surface area contributed by atoms with Crippen molar-refractivity contribution >= 4 is 16.1 Å². The number of nitrogens with two attached hydrogens (primary N) is 1. The van der Waals surface area contributed by atoms with Crippen LogP contribution in [0.3, 0.4) is 0 Å². The quantitative estimate of drug-likeness (QED) is 0.322. The van der Waals surface area contributed by atoms with Crippen LogP contribution in [0, 0.1) is 12.8 Å². The molecule has 0 aliphatic rings. The maximum Gasteiger partial charge on any atom is 0.314 e. The van der Waals surface area contributed by atoms with E-state index in [0.29, 0.717) is 12.3 Å². The Hall–Kier alpha value is -2.22. The number of benzene rings is 2. The average Bonchev–Trinajstić information content (AvgIpc) is 2.63. The van der Waals surface area contributed by atoms with Gasteiger partial charge in [0.25, 0.3) is 10.1 Å². The first-order chi connectivity index (χ1) is 12.7. The minimum atomic E-state index is -4.02. The molecule has 0 bridgehead atoms. The second kappa shape index (κ2) is 11.5. The molecule has 6 nitrogen and oxygen atoms in total. The summed E-state index contributed by atoms with van der Waals surface area (Å²) in [5, 5.41) is 0. The highest BCUT2D eigenvalue weighted by Gasteiger charge is 2.14. The molecule has 3 N–H and O–H groups in total. The van der Waals surface area contributed by atoms with Crippen molar-refractivity contribution in [3.05, 3.63) is 60.2 Å². The van der Waals surface area contributed by atoms with Crippen LogP contribution in [0.2, 0.25) is 0 Å². The summed E-state index contributed by atoms with van der Waals surface area (Å²) in [7, 11) is -4.02. The zero-order chi connectivity index (χ0) is 20.3. The van der Waals surface area contributed by atoms with E-state index in [1.54, 1.807) is 24.3 Å². The van der Waals surface area contributed by atoms with Crippen LogP contribution in [0.5, 0.6) is 5.75 Å². The molecular weight excluding hydrogens is 366 g/mol. The summed E-state index contributed by atoms with van der Waals surface area (Å²) in [6.45, 7) is 4.41. The molecule has 2 rings (SSSR count). The van der Waals surface area contributed by atoms with Crippen molar-refractivity contribution in [1.29, 1.82) is 0 Å². The minimum absolute atomic E-state index is 0.0632. The van der Waals surface area contributed by atoms with Crippen molar-refractivity contribution in [3.63, 3.8) is 0 Å². The fourth-order valence-corrected chi connectivity index (χ4v) is 2.61. The molecule has 0 fully saturated rings. The summed E-state index contributed by atoms with van der Waals surface area (Å²) in [5.41, 5.74) is 6.35. The van der Waals surface area contributed by atoms with Crippen LogP contribution < -0.4 is 10.5 Å². The van der Waals surface area contributed by atoms with E-state index in [2.05, 4.69) is 0 Å². The third-order valence-corrected chi connectivity index (χ3v) is 4.64. The molecule has 2 aromatic rings. The normalized spacial score (nSPS) is 11.9. The zero-order valence-electron chi connectivity index (χ0n) is 15.7. The van der Waals surface area contributed by atoms with Gasteiger partial charge in [-0.2, -0.15) is 8.42 Å². The van der Waals surface area contributed by atoms with E-state index in [1.165, 1.54) is 12.1 Å². The number of hydrogen-bond acceptors (Lipinski definition) is 5. The van der Waals surface area contributed by atoms with E-state index < -0.39 is 10.1 Å². The fourth-order valence-electron chi connectivity index (χ4n) is 2.13. The highest BCUT2D eigenvalue weighted by molar-refractivity contribution is 7.85. The second-order valence-corrected chi connectivity index (χ2v) is 7.63. The van der Waals surface area contributed by atoms with Gasteiger partial charge in [-0.25, -0.2) is 0 Å². The van der Waals surface area contributed by atoms with Crippen molar-refractivity contribution in [3.8, 4) is 5.75 Å². The molecule has 148 valence electrons. The number of hydrogen-bond donors (Lipinski definition) is 2. The number of esters is 1. The molecule has 27 heavy (non-hydrogen) atoms. The van der Waals surface area contributed by atoms with Crippen molar-refractivity contribution in [1.82, 2.24) is 0 Å². The topological polar surface area (TPSA) is 107 Å². The Morgan fingerprint density at radius 1 is 1.07 bits per heavy atom. The highest BCUT2D eigenvalue weighted by Crippen LogP contribution is 2.14. The lowest BCUT2D eigenvalue weighted by molar-refractivity contribution is -0.138. The Labute approximate surface area is 161 Å². The Bertz CT molecular complexity index is 789. The molecule has 0 saturated carbocycles. The molecule has 0 heterocycles. The van der Waals surface area contributed by atoms with E-state index >= 15 is 0 Å². The van der Waals surface area contributed by atoms with Crippen LogP contribution in [0.4, 0.5) is 0 Å². The average molecular weight is 394 g/mol. The molecule has 0 aliphatic carbocycles. The van der Waals surface area contributed by atoms with Gasteiger partial charge in [-0.05, 0) is 50.6 Å². The number of ether oxygens (including phenoxy) is 1. The predicted molar refractivity (Wildman–Crippen MR) is 105 cm³/mol. The van der Waals surface area contributed by atoms with E-state index in [4.69, 9.17) is 15.0 Å². The van der Waals surface area contributed by atoms with Gasteiger partial charge in [0.1, 0.15) is 5.75 Å². The Morgan fingerprint density at radius 2 is 1.67 bits per heavy atom. The maximum atomic E-state index is 11.7. The number of rotatable bonds is 7. The molecule has 1 atom stereocenters. The largest absolute Gasteiger partial charge is 0.426 e. The molecule has 0 saturated heterocycles. The first-order valence-electron chi connectivity index (χ1n) is 8.75. The van der Waals surface area contributed by atoms with E-state index in [1.807, 2.05) is 32.0 Å². The van der Waals surface area contributed by atoms with Crippen molar-refractivity contribution in [2.24, 2.45) is 11.7 Å². The van der Waals surface area contributed by atoms with Crippen LogP contribution in [-0.4, -0.2) is 25.5 Å². The van der Waals surface area contributed by atoms with Gasteiger partial charge >= 0.3 is 5.97 Å². The minimum Gasteiger partial charge on any atom is -0.426 e. The number of aryl methyl sites for hydroxylation is 1. The number of carbonyl (C=O) groups excluding carboxylic acids is 1.